The van der Waals surface area contributed by atoms with Crippen LogP contribution < -0.4 is 0 Å². The zero-order valence-corrected chi connectivity index (χ0v) is 47.5. The minimum atomic E-state index is -1.19. The normalized spacial score (nSPS) is 30.6. The monoisotopic (exact) mass is 1060 g/mol. The predicted molar refractivity (Wildman–Crippen MR) is 270 cm³/mol. The summed E-state index contributed by atoms with van der Waals surface area (Å²) in [4.78, 5) is 52.5. The number of hydrogen-bond acceptors (Lipinski definition) is 18. The smallest absolute Gasteiger partial charge is 0.340 e. The van der Waals surface area contributed by atoms with Gasteiger partial charge in [0.15, 0.2) is 29.5 Å². The predicted octanol–water partition coefficient (Wildman–Crippen LogP) is 8.42. The van der Waals surface area contributed by atoms with Gasteiger partial charge in [0.25, 0.3) is 0 Å². The van der Waals surface area contributed by atoms with Gasteiger partial charge in [0.1, 0.15) is 29.1 Å². The van der Waals surface area contributed by atoms with Crippen molar-refractivity contribution in [3.63, 3.8) is 0 Å². The number of esters is 2. The van der Waals surface area contributed by atoms with E-state index in [2.05, 4.69) is 0 Å². The highest BCUT2D eigenvalue weighted by Crippen LogP contribution is 2.44. The number of carbonyl (C=O) groups excluding carboxylic acids is 3. The van der Waals surface area contributed by atoms with E-state index in [1.165, 1.54) is 7.11 Å². The van der Waals surface area contributed by atoms with Crippen LogP contribution >= 0.6 is 16.9 Å². The van der Waals surface area contributed by atoms with Gasteiger partial charge in [0, 0.05) is 71.8 Å². The van der Waals surface area contributed by atoms with Crippen LogP contribution in [0.3, 0.4) is 0 Å². The van der Waals surface area contributed by atoms with E-state index in [-0.39, 0.29) is 61.0 Å². The largest absolute Gasteiger partial charge is 0.481 e. The zero-order chi connectivity index (χ0) is 54.3. The molecule has 0 spiro atoms. The first-order valence-electron chi connectivity index (χ1n) is 24.4. The van der Waals surface area contributed by atoms with Crippen molar-refractivity contribution in [1.82, 2.24) is 9.80 Å². The Balaban J connectivity index is 0.000000487. The van der Waals surface area contributed by atoms with Crippen LogP contribution in [0.2, 0.25) is 0 Å². The lowest BCUT2D eigenvalue weighted by Crippen LogP contribution is -2.57. The number of carbonyl (C=O) groups is 4. The van der Waals surface area contributed by atoms with Crippen molar-refractivity contribution < 1.29 is 80.8 Å². The molecule has 4 heterocycles. The summed E-state index contributed by atoms with van der Waals surface area (Å²) in [7, 11) is 10.6. The van der Waals surface area contributed by atoms with Crippen molar-refractivity contribution in [2.45, 2.75) is 213 Å². The fraction of sp³-hybridized carbons (Fsp3) is 0.843. The summed E-state index contributed by atoms with van der Waals surface area (Å²) in [5.74, 6) is -5.56. The molecule has 0 saturated carbocycles. The molecule has 16 atom stereocenters. The van der Waals surface area contributed by atoms with E-state index in [4.69, 9.17) is 47.4 Å². The Labute approximate surface area is 432 Å². The van der Waals surface area contributed by atoms with Crippen molar-refractivity contribution in [1.29, 1.82) is 0 Å². The van der Waals surface area contributed by atoms with Gasteiger partial charge < -0.3 is 67.1 Å². The van der Waals surface area contributed by atoms with E-state index >= 15 is 0 Å². The van der Waals surface area contributed by atoms with Gasteiger partial charge >= 0.3 is 17.9 Å². The van der Waals surface area contributed by atoms with Crippen molar-refractivity contribution >= 4 is 41.1 Å². The summed E-state index contributed by atoms with van der Waals surface area (Å²) < 4.78 is 85.0. The fourth-order valence-corrected chi connectivity index (χ4v) is 11.6. The molecule has 0 aromatic carbocycles. The van der Waals surface area contributed by atoms with Gasteiger partial charge in [-0.2, -0.15) is 0 Å². The van der Waals surface area contributed by atoms with Gasteiger partial charge in [-0.05, 0) is 95.4 Å². The zero-order valence-electron chi connectivity index (χ0n) is 45.8. The molecule has 1 N–H and O–H groups in total. The maximum Gasteiger partial charge on any atom is 0.340 e. The van der Waals surface area contributed by atoms with Crippen molar-refractivity contribution in [3.05, 3.63) is 22.7 Å². The first kappa shape index (κ1) is 65.2. The summed E-state index contributed by atoms with van der Waals surface area (Å²) in [6, 6.07) is -0.0937. The average molecular weight is 1060 g/mol. The molecule has 4 aliphatic rings. The fourth-order valence-electron chi connectivity index (χ4n) is 10.1. The van der Waals surface area contributed by atoms with Crippen LogP contribution in [0.5, 0.6) is 0 Å². The molecule has 0 aromatic heterocycles. The number of carboxylic acid groups (broad SMARTS) is 1. The molecule has 0 radical (unpaired) electrons. The highest BCUT2D eigenvalue weighted by atomic mass is 31.1. The highest BCUT2D eigenvalue weighted by Gasteiger charge is 2.52. The summed E-state index contributed by atoms with van der Waals surface area (Å²) >= 11 is 0. The molecule has 72 heavy (non-hydrogen) atoms. The van der Waals surface area contributed by atoms with Crippen molar-refractivity contribution in [2.75, 3.05) is 42.4 Å². The van der Waals surface area contributed by atoms with E-state index in [0.29, 0.717) is 41.9 Å². The topological polar surface area (TPSA) is 221 Å². The molecule has 19 nitrogen and oxygen atoms in total. The van der Waals surface area contributed by atoms with Crippen LogP contribution in [0, 0.1) is 23.7 Å². The average Bonchev–Trinajstić information content (AvgIpc) is 3.28. The Morgan fingerprint density at radius 2 is 1.07 bits per heavy atom. The van der Waals surface area contributed by atoms with Crippen LogP contribution in [-0.4, -0.2) is 165 Å². The van der Waals surface area contributed by atoms with Crippen molar-refractivity contribution in [2.24, 2.45) is 23.7 Å². The van der Waals surface area contributed by atoms with Crippen molar-refractivity contribution in [3.8, 4) is 0 Å². The molecule has 0 bridgehead atoms. The Morgan fingerprint density at radius 3 is 1.36 bits per heavy atom. The number of rotatable bonds is 22. The first-order valence-corrected chi connectivity index (χ1v) is 26.2. The first-order chi connectivity index (χ1) is 32.8. The van der Waals surface area contributed by atoms with Gasteiger partial charge in [0.2, 0.25) is 11.6 Å². The number of aldehydes is 1. The lowest BCUT2D eigenvalue weighted by atomic mass is 9.80. The third kappa shape index (κ3) is 16.0. The SMILES string of the molecule is C.CO[C@](C)(C[C@@H](C)C(=O)O)[C@H](O[C@@H]1O[C@H](C)CC(N(C)C)[C@H]1P=O)[C@H](C)C1=C(C)C(=O)OC(C)(C)O1.CO[C@](C)(C[C@@H](C)C=O)[C@H](O[C@@H]1O[C@H](C)CC(N(C)C)[C@H]1P=O)[C@H](C)C1=C(C)C(=O)OC(C)(C)O1. The number of ether oxygens (including phenoxy) is 10. The van der Waals surface area contributed by atoms with Crippen LogP contribution in [-0.2, 0) is 75.7 Å². The van der Waals surface area contributed by atoms with E-state index in [1.54, 1.807) is 62.5 Å². The molecule has 2 saturated heterocycles. The van der Waals surface area contributed by atoms with Gasteiger partial charge in [-0.25, -0.2) is 9.59 Å². The maximum atomic E-state index is 12.6. The van der Waals surface area contributed by atoms with Gasteiger partial charge in [-0.3, -0.25) is 13.9 Å². The molecule has 0 aromatic rings. The molecular weight excluding hydrogens is 975 g/mol. The molecule has 2 fully saturated rings. The Hall–Kier alpha value is -2.96. The van der Waals surface area contributed by atoms with E-state index in [9.17, 15) is 33.4 Å². The molecule has 0 amide bonds. The number of nitrogens with zero attached hydrogens (tertiary/aromatic N) is 2. The summed E-state index contributed by atoms with van der Waals surface area (Å²) in [5.41, 5.74) is -2.37. The van der Waals surface area contributed by atoms with Crippen LogP contribution in [0.15, 0.2) is 22.7 Å². The maximum absolute atomic E-state index is 12.6. The summed E-state index contributed by atoms with van der Waals surface area (Å²) in [5, 5.41) is 9.62. The molecule has 0 aliphatic carbocycles. The third-order valence-electron chi connectivity index (χ3n) is 14.1. The molecule has 414 valence electrons. The second-order valence-corrected chi connectivity index (χ2v) is 23.2. The molecule has 21 heteroatoms. The number of carboxylic acids is 1. The van der Waals surface area contributed by atoms with Crippen LogP contribution in [0.25, 0.3) is 0 Å². The highest BCUT2D eigenvalue weighted by molar-refractivity contribution is 7.25. The Kier molecular flexibility index (Phi) is 24.2. The second kappa shape index (κ2) is 26.7. The van der Waals surface area contributed by atoms with E-state index in [1.807, 2.05) is 79.5 Å². The minimum Gasteiger partial charge on any atom is -0.481 e. The van der Waals surface area contributed by atoms with Crippen LogP contribution in [0.1, 0.15) is 130 Å². The van der Waals surface area contributed by atoms with Gasteiger partial charge in [-0.15, -0.1) is 0 Å². The summed E-state index contributed by atoms with van der Waals surface area (Å²) in [6.45, 7) is 24.6. The molecule has 4 rings (SSSR count). The molecule has 4 aliphatic heterocycles. The standard InChI is InChI=1S/C25H42NO9P.C25H42NO8P.CH4/c1-13(21(27)28)12-25(7,31-10)20(15(3)18-16(4)22(29)35-24(5,6)34-18)33-23-19(36-30)17(26(8)9)11-14(2)32-23;1-14(13-27)12-25(7,30-10)21(16(3)19-17(4)22(28)34-24(5,6)33-19)32-23-20(35-29)18(26(8)9)11-15(2)31-23;/h13-15,17,19-20,23H,11-12H2,1-10H3,(H,27,28);13-16,18,20-21,23H,11-12H2,1-10H3;1H4/t13-,14-,15-,17?,19-,20-,23+,25-;14-,15-,16-,18?,20-,21-,23+,25-;/m11./s1. The molecule has 2 unspecified atom stereocenters. The lowest BCUT2D eigenvalue weighted by molar-refractivity contribution is -0.266. The number of hydrogen-bond donors (Lipinski definition) is 1. The number of aliphatic carboxylic acids is 1. The van der Waals surface area contributed by atoms with Gasteiger partial charge in [0.05, 0.1) is 52.7 Å². The van der Waals surface area contributed by atoms with Gasteiger partial charge in [-0.1, -0.05) is 35.1 Å². The van der Waals surface area contributed by atoms with E-state index < -0.39 is 94.5 Å². The lowest BCUT2D eigenvalue weighted by Gasteiger charge is -2.47. The third-order valence-corrected chi connectivity index (χ3v) is 15.7. The quantitative estimate of drug-likeness (QED) is 0.0610. The van der Waals surface area contributed by atoms with Crippen LogP contribution in [0.4, 0.5) is 0 Å². The molecular formula is C51H88N2O17P2. The minimum absolute atomic E-state index is 0. The Morgan fingerprint density at radius 1 is 0.722 bits per heavy atom. The number of cyclic esters (lactones) is 2. The number of methoxy groups -OCH3 is 2. The summed E-state index contributed by atoms with van der Waals surface area (Å²) in [6.07, 6.45) is -0.733. The van der Waals surface area contributed by atoms with E-state index in [0.717, 1.165) is 6.29 Å². The second-order valence-electron chi connectivity index (χ2n) is 21.6. The Bertz CT molecular complexity index is 1950.